The van der Waals surface area contributed by atoms with E-state index >= 15 is 0 Å². The lowest BCUT2D eigenvalue weighted by atomic mass is 10.2. The van der Waals surface area contributed by atoms with E-state index in [9.17, 15) is 0 Å². The van der Waals surface area contributed by atoms with Crippen LogP contribution in [0.2, 0.25) is 0 Å². The number of anilines is 2. The van der Waals surface area contributed by atoms with E-state index in [2.05, 4.69) is 25.0 Å². The van der Waals surface area contributed by atoms with Crippen LogP contribution in [0, 0.1) is 6.92 Å². The third-order valence-corrected chi connectivity index (χ3v) is 2.26. The smallest absolute Gasteiger partial charge is 0.213 e. The molecular formula is C10H13N5O. The summed E-state index contributed by atoms with van der Waals surface area (Å²) in [5.41, 5.74) is 7.55. The van der Waals surface area contributed by atoms with Gasteiger partial charge in [-0.15, -0.1) is 0 Å². The molecule has 2 aromatic heterocycles. The van der Waals surface area contributed by atoms with Gasteiger partial charge in [-0.2, -0.15) is 4.98 Å². The molecule has 0 saturated heterocycles. The summed E-state index contributed by atoms with van der Waals surface area (Å²) < 4.78 is 4.63. The van der Waals surface area contributed by atoms with Gasteiger partial charge in [-0.05, 0) is 18.6 Å². The van der Waals surface area contributed by atoms with Crippen LogP contribution in [0.3, 0.4) is 0 Å². The fourth-order valence-electron chi connectivity index (χ4n) is 1.31. The summed E-state index contributed by atoms with van der Waals surface area (Å²) in [6.07, 6.45) is 3.71. The molecular weight excluding hydrogens is 206 g/mol. The summed E-state index contributed by atoms with van der Waals surface area (Å²) in [5.74, 6) is 1.36. The molecule has 0 aliphatic rings. The molecule has 0 aliphatic carbocycles. The number of hydrogen-bond acceptors (Lipinski definition) is 6. The molecule has 84 valence electrons. The van der Waals surface area contributed by atoms with E-state index in [1.807, 2.05) is 13.0 Å². The van der Waals surface area contributed by atoms with Crippen molar-refractivity contribution in [2.45, 2.75) is 13.3 Å². The largest absolute Gasteiger partial charge is 0.396 e. The van der Waals surface area contributed by atoms with Crippen molar-refractivity contribution in [1.82, 2.24) is 15.1 Å². The van der Waals surface area contributed by atoms with E-state index in [-0.39, 0.29) is 0 Å². The lowest BCUT2D eigenvalue weighted by molar-refractivity contribution is 0.410. The van der Waals surface area contributed by atoms with Gasteiger partial charge in [0.2, 0.25) is 6.39 Å². The number of hydrogen-bond donors (Lipinski definition) is 2. The highest BCUT2D eigenvalue weighted by Gasteiger charge is 2.03. The van der Waals surface area contributed by atoms with Crippen molar-refractivity contribution in [3.8, 4) is 0 Å². The van der Waals surface area contributed by atoms with Gasteiger partial charge in [0.15, 0.2) is 5.82 Å². The number of nitrogens with two attached hydrogens (primary N) is 1. The van der Waals surface area contributed by atoms with Crippen molar-refractivity contribution in [3.63, 3.8) is 0 Å². The number of aromatic nitrogens is 3. The zero-order valence-corrected chi connectivity index (χ0v) is 8.97. The quantitative estimate of drug-likeness (QED) is 0.797. The Hall–Kier alpha value is -2.11. The van der Waals surface area contributed by atoms with Gasteiger partial charge in [-0.25, -0.2) is 4.98 Å². The summed E-state index contributed by atoms with van der Waals surface area (Å²) in [6, 6.07) is 1.87. The van der Waals surface area contributed by atoms with Gasteiger partial charge in [-0.1, -0.05) is 5.16 Å². The molecule has 0 bridgehead atoms. The number of pyridine rings is 1. The molecule has 0 fully saturated rings. The Bertz CT molecular complexity index is 454. The Morgan fingerprint density at radius 1 is 1.44 bits per heavy atom. The normalized spacial score (nSPS) is 10.3. The van der Waals surface area contributed by atoms with Gasteiger partial charge in [0.25, 0.3) is 0 Å². The van der Waals surface area contributed by atoms with E-state index in [1.54, 1.807) is 6.20 Å². The van der Waals surface area contributed by atoms with Crippen LogP contribution in [0.1, 0.15) is 11.4 Å². The minimum atomic E-state index is 0.665. The number of nitrogens with one attached hydrogen (secondary N) is 1. The van der Waals surface area contributed by atoms with Crippen LogP contribution < -0.4 is 11.1 Å². The van der Waals surface area contributed by atoms with Gasteiger partial charge in [0, 0.05) is 19.2 Å². The maximum atomic E-state index is 5.87. The van der Waals surface area contributed by atoms with E-state index in [0.29, 0.717) is 30.3 Å². The first kappa shape index (κ1) is 10.4. The van der Waals surface area contributed by atoms with Crippen molar-refractivity contribution < 1.29 is 4.52 Å². The lowest BCUT2D eigenvalue weighted by Gasteiger charge is -2.08. The van der Waals surface area contributed by atoms with Crippen LogP contribution >= 0.6 is 0 Å². The van der Waals surface area contributed by atoms with E-state index in [0.717, 1.165) is 5.56 Å². The van der Waals surface area contributed by atoms with Crippen molar-refractivity contribution in [2.75, 3.05) is 17.6 Å². The summed E-state index contributed by atoms with van der Waals surface area (Å²) in [4.78, 5) is 8.08. The van der Waals surface area contributed by atoms with Crippen molar-refractivity contribution in [1.29, 1.82) is 0 Å². The molecule has 0 saturated carbocycles. The fraction of sp³-hybridized carbons (Fsp3) is 0.300. The topological polar surface area (TPSA) is 89.9 Å². The molecule has 0 aromatic carbocycles. The number of rotatable bonds is 4. The summed E-state index contributed by atoms with van der Waals surface area (Å²) in [6.45, 7) is 2.61. The van der Waals surface area contributed by atoms with Crippen LogP contribution in [0.5, 0.6) is 0 Å². The maximum absolute atomic E-state index is 5.87. The summed E-state index contributed by atoms with van der Waals surface area (Å²) >= 11 is 0. The molecule has 3 N–H and O–H groups in total. The number of aryl methyl sites for hydroxylation is 1. The minimum absolute atomic E-state index is 0.665. The second kappa shape index (κ2) is 4.61. The zero-order valence-electron chi connectivity index (χ0n) is 8.97. The van der Waals surface area contributed by atoms with Gasteiger partial charge in [0.1, 0.15) is 5.82 Å². The molecule has 0 aliphatic heterocycles. The average molecular weight is 219 g/mol. The third kappa shape index (κ3) is 2.28. The molecule has 6 heteroatoms. The molecule has 0 unspecified atom stereocenters. The first-order valence-corrected chi connectivity index (χ1v) is 4.97. The Kier molecular flexibility index (Phi) is 3.00. The number of nitrogen functional groups attached to an aromatic ring is 1. The Morgan fingerprint density at radius 3 is 3.06 bits per heavy atom. The predicted octanol–water partition coefficient (Wildman–Crippen LogP) is 1.01. The molecule has 0 amide bonds. The van der Waals surface area contributed by atoms with Crippen molar-refractivity contribution >= 4 is 11.5 Å². The van der Waals surface area contributed by atoms with Crippen LogP contribution in [0.4, 0.5) is 11.5 Å². The molecule has 6 nitrogen and oxygen atoms in total. The standard InChI is InChI=1S/C10H13N5O/c1-7-2-4-12-10(9(7)11)13-5-3-8-14-6-16-15-8/h2,4,6H,3,5,11H2,1H3,(H,12,13). The van der Waals surface area contributed by atoms with E-state index in [4.69, 9.17) is 5.73 Å². The highest BCUT2D eigenvalue weighted by molar-refractivity contribution is 5.64. The molecule has 2 heterocycles. The van der Waals surface area contributed by atoms with Crippen LogP contribution in [-0.2, 0) is 6.42 Å². The molecule has 0 atom stereocenters. The Morgan fingerprint density at radius 2 is 2.31 bits per heavy atom. The minimum Gasteiger partial charge on any atom is -0.396 e. The zero-order chi connectivity index (χ0) is 11.4. The SMILES string of the molecule is Cc1ccnc(NCCc2ncon2)c1N. The van der Waals surface area contributed by atoms with Gasteiger partial charge in [0.05, 0.1) is 5.69 Å². The first-order valence-electron chi connectivity index (χ1n) is 4.97. The van der Waals surface area contributed by atoms with Crippen molar-refractivity contribution in [2.24, 2.45) is 0 Å². The van der Waals surface area contributed by atoms with Gasteiger partial charge in [-0.3, -0.25) is 0 Å². The molecule has 0 radical (unpaired) electrons. The highest BCUT2D eigenvalue weighted by atomic mass is 16.5. The fourth-order valence-corrected chi connectivity index (χ4v) is 1.31. The Balaban J connectivity index is 1.92. The molecule has 0 spiro atoms. The summed E-state index contributed by atoms with van der Waals surface area (Å²) in [5, 5.41) is 6.84. The Labute approximate surface area is 92.9 Å². The highest BCUT2D eigenvalue weighted by Crippen LogP contribution is 2.18. The lowest BCUT2D eigenvalue weighted by Crippen LogP contribution is -2.09. The monoisotopic (exact) mass is 219 g/mol. The van der Waals surface area contributed by atoms with Gasteiger partial charge >= 0.3 is 0 Å². The first-order chi connectivity index (χ1) is 7.77. The second-order valence-electron chi connectivity index (χ2n) is 3.41. The molecule has 2 aromatic rings. The second-order valence-corrected chi connectivity index (χ2v) is 3.41. The third-order valence-electron chi connectivity index (χ3n) is 2.26. The van der Waals surface area contributed by atoms with Gasteiger partial charge < -0.3 is 15.6 Å². The van der Waals surface area contributed by atoms with Crippen LogP contribution in [0.25, 0.3) is 0 Å². The average Bonchev–Trinajstić information content (AvgIpc) is 2.77. The van der Waals surface area contributed by atoms with E-state index in [1.165, 1.54) is 6.39 Å². The number of nitrogens with zero attached hydrogens (tertiary/aromatic N) is 3. The summed E-state index contributed by atoms with van der Waals surface area (Å²) in [7, 11) is 0. The van der Waals surface area contributed by atoms with Crippen LogP contribution in [-0.4, -0.2) is 21.7 Å². The predicted molar refractivity (Wildman–Crippen MR) is 59.9 cm³/mol. The van der Waals surface area contributed by atoms with E-state index < -0.39 is 0 Å². The van der Waals surface area contributed by atoms with Crippen molar-refractivity contribution in [3.05, 3.63) is 30.0 Å². The molecule has 16 heavy (non-hydrogen) atoms. The molecule has 2 rings (SSSR count). The maximum Gasteiger partial charge on any atom is 0.213 e. The van der Waals surface area contributed by atoms with Crippen LogP contribution in [0.15, 0.2) is 23.2 Å².